The highest BCUT2D eigenvalue weighted by Gasteiger charge is 2.07. The highest BCUT2D eigenvalue weighted by molar-refractivity contribution is 7.80. The fraction of sp³-hybridized carbons (Fsp3) is 0.0909. The Kier molecular flexibility index (Phi) is 2.96. The lowest BCUT2D eigenvalue weighted by Gasteiger charge is -2.07. The molecule has 0 aliphatic rings. The Bertz CT molecular complexity index is 521. The molecule has 1 aromatic heterocycles. The maximum Gasteiger partial charge on any atom is 0.167 e. The fourth-order valence-corrected chi connectivity index (χ4v) is 1.64. The van der Waals surface area contributed by atoms with Crippen LogP contribution in [0.2, 0.25) is 0 Å². The van der Waals surface area contributed by atoms with Crippen LogP contribution in [-0.4, -0.2) is 14.5 Å². The Morgan fingerprint density at radius 2 is 2.19 bits per heavy atom. The summed E-state index contributed by atoms with van der Waals surface area (Å²) in [5.41, 5.74) is 6.09. The zero-order chi connectivity index (χ0) is 11.5. The lowest BCUT2D eigenvalue weighted by Crippen LogP contribution is -2.17. The Morgan fingerprint density at radius 3 is 2.88 bits per heavy atom. The van der Waals surface area contributed by atoms with Gasteiger partial charge in [-0.3, -0.25) is 0 Å². The Balaban J connectivity index is 2.31. The number of hydrogen-bond donors (Lipinski definition) is 1. The van der Waals surface area contributed by atoms with Gasteiger partial charge in [-0.25, -0.2) is 9.37 Å². The van der Waals surface area contributed by atoms with Crippen LogP contribution < -0.4 is 5.73 Å². The molecule has 82 valence electrons. The Labute approximate surface area is 97.7 Å². The minimum Gasteiger partial charge on any atom is -0.387 e. The minimum absolute atomic E-state index is 0.210. The van der Waals surface area contributed by atoms with Crippen LogP contribution >= 0.6 is 12.2 Å². The second kappa shape index (κ2) is 4.40. The molecule has 3 nitrogen and oxygen atoms in total. The minimum atomic E-state index is -0.245. The van der Waals surface area contributed by atoms with Crippen molar-refractivity contribution >= 4 is 17.2 Å². The lowest BCUT2D eigenvalue weighted by molar-refractivity contribution is 0.599. The second-order valence-electron chi connectivity index (χ2n) is 3.33. The average molecular weight is 235 g/mol. The first-order chi connectivity index (χ1) is 7.68. The van der Waals surface area contributed by atoms with E-state index < -0.39 is 0 Å². The van der Waals surface area contributed by atoms with Crippen LogP contribution in [0, 0.1) is 5.82 Å². The molecule has 2 rings (SSSR count). The first kappa shape index (κ1) is 10.8. The predicted molar refractivity (Wildman–Crippen MR) is 63.6 cm³/mol. The molecule has 0 unspecified atom stereocenters. The number of halogens is 1. The van der Waals surface area contributed by atoms with Crippen molar-refractivity contribution < 1.29 is 4.39 Å². The van der Waals surface area contributed by atoms with Gasteiger partial charge in [-0.15, -0.1) is 0 Å². The molecule has 0 radical (unpaired) electrons. The molecule has 1 aromatic carbocycles. The molecule has 0 bridgehead atoms. The molecule has 2 N–H and O–H groups in total. The van der Waals surface area contributed by atoms with E-state index in [1.54, 1.807) is 35.2 Å². The van der Waals surface area contributed by atoms with Gasteiger partial charge in [-0.2, -0.15) is 0 Å². The summed E-state index contributed by atoms with van der Waals surface area (Å²) in [4.78, 5) is 4.23. The summed E-state index contributed by atoms with van der Waals surface area (Å²) < 4.78 is 15.1. The number of imidazole rings is 1. The largest absolute Gasteiger partial charge is 0.387 e. The third-order valence-corrected chi connectivity index (χ3v) is 2.42. The summed E-state index contributed by atoms with van der Waals surface area (Å²) in [7, 11) is 0. The average Bonchev–Trinajstić information content (AvgIpc) is 2.69. The van der Waals surface area contributed by atoms with E-state index in [1.165, 1.54) is 6.07 Å². The van der Waals surface area contributed by atoms with E-state index in [1.807, 2.05) is 0 Å². The summed E-state index contributed by atoms with van der Waals surface area (Å²) in [6.45, 7) is 0.374. The van der Waals surface area contributed by atoms with Crippen LogP contribution in [0.5, 0.6) is 0 Å². The Hall–Kier alpha value is -1.75. The van der Waals surface area contributed by atoms with Crippen LogP contribution in [-0.2, 0) is 6.54 Å². The Morgan fingerprint density at radius 1 is 1.44 bits per heavy atom. The van der Waals surface area contributed by atoms with Crippen molar-refractivity contribution in [2.24, 2.45) is 5.73 Å². The highest BCUT2D eigenvalue weighted by Crippen LogP contribution is 2.09. The van der Waals surface area contributed by atoms with Crippen molar-refractivity contribution in [2.45, 2.75) is 6.54 Å². The van der Waals surface area contributed by atoms with E-state index in [0.29, 0.717) is 17.9 Å². The predicted octanol–water partition coefficient (Wildman–Crippen LogP) is 1.70. The number of nitrogens with zero attached hydrogens (tertiary/aromatic N) is 2. The van der Waals surface area contributed by atoms with Crippen molar-refractivity contribution in [1.29, 1.82) is 0 Å². The number of nitrogens with two attached hydrogens (primary N) is 1. The second-order valence-corrected chi connectivity index (χ2v) is 3.77. The van der Waals surface area contributed by atoms with Gasteiger partial charge < -0.3 is 10.3 Å². The van der Waals surface area contributed by atoms with E-state index >= 15 is 0 Å². The fourth-order valence-electron chi connectivity index (χ4n) is 1.47. The van der Waals surface area contributed by atoms with Gasteiger partial charge in [0.2, 0.25) is 0 Å². The maximum atomic E-state index is 13.4. The van der Waals surface area contributed by atoms with Crippen LogP contribution in [0.25, 0.3) is 0 Å². The molecule has 0 atom stereocenters. The molecular weight excluding hydrogens is 225 g/mol. The van der Waals surface area contributed by atoms with E-state index in [0.717, 1.165) is 0 Å². The van der Waals surface area contributed by atoms with Gasteiger partial charge in [0, 0.05) is 18.0 Å². The maximum absolute atomic E-state index is 13.4. The van der Waals surface area contributed by atoms with Crippen molar-refractivity contribution in [3.63, 3.8) is 0 Å². The number of thiocarbonyl (C=S) groups is 1. The molecular formula is C11H10FN3S. The molecule has 0 saturated carbocycles. The van der Waals surface area contributed by atoms with Crippen LogP contribution in [0.15, 0.2) is 36.7 Å². The first-order valence-corrected chi connectivity index (χ1v) is 5.13. The lowest BCUT2D eigenvalue weighted by atomic mass is 10.2. The highest BCUT2D eigenvalue weighted by atomic mass is 32.1. The zero-order valence-corrected chi connectivity index (χ0v) is 9.25. The number of aromatic nitrogens is 2. The van der Waals surface area contributed by atoms with E-state index in [9.17, 15) is 4.39 Å². The molecule has 5 heteroatoms. The molecule has 0 aliphatic heterocycles. The zero-order valence-electron chi connectivity index (χ0n) is 8.43. The molecule has 0 aliphatic carbocycles. The molecule has 16 heavy (non-hydrogen) atoms. The molecule has 1 heterocycles. The van der Waals surface area contributed by atoms with Gasteiger partial charge in [-0.05, 0) is 6.07 Å². The molecule has 0 amide bonds. The van der Waals surface area contributed by atoms with Gasteiger partial charge in [0.15, 0.2) is 5.82 Å². The molecule has 0 spiro atoms. The van der Waals surface area contributed by atoms with Crippen molar-refractivity contribution in [1.82, 2.24) is 9.55 Å². The number of benzene rings is 1. The van der Waals surface area contributed by atoms with Crippen molar-refractivity contribution in [3.05, 3.63) is 53.9 Å². The van der Waals surface area contributed by atoms with Gasteiger partial charge in [-0.1, -0.05) is 30.4 Å². The summed E-state index contributed by atoms with van der Waals surface area (Å²) in [5, 5.41) is 0. The van der Waals surface area contributed by atoms with Crippen LogP contribution in [0.3, 0.4) is 0 Å². The number of hydrogen-bond acceptors (Lipinski definition) is 2. The van der Waals surface area contributed by atoms with E-state index in [4.69, 9.17) is 18.0 Å². The van der Waals surface area contributed by atoms with E-state index in [-0.39, 0.29) is 10.8 Å². The number of rotatable bonds is 3. The van der Waals surface area contributed by atoms with E-state index in [2.05, 4.69) is 4.98 Å². The summed E-state index contributed by atoms with van der Waals surface area (Å²) in [5.74, 6) is 0.253. The topological polar surface area (TPSA) is 43.8 Å². The normalized spacial score (nSPS) is 10.3. The van der Waals surface area contributed by atoms with Crippen LogP contribution in [0.4, 0.5) is 4.39 Å². The summed E-state index contributed by atoms with van der Waals surface area (Å²) in [6.07, 6.45) is 3.32. The smallest absolute Gasteiger partial charge is 0.167 e. The summed E-state index contributed by atoms with van der Waals surface area (Å²) >= 11 is 4.85. The first-order valence-electron chi connectivity index (χ1n) is 4.73. The molecule has 0 saturated heterocycles. The van der Waals surface area contributed by atoms with Crippen molar-refractivity contribution in [2.75, 3.05) is 0 Å². The van der Waals surface area contributed by atoms with Gasteiger partial charge in [0.1, 0.15) is 10.8 Å². The van der Waals surface area contributed by atoms with Crippen molar-refractivity contribution in [3.8, 4) is 0 Å². The third kappa shape index (κ3) is 2.09. The quantitative estimate of drug-likeness (QED) is 0.824. The monoisotopic (exact) mass is 235 g/mol. The molecule has 0 fully saturated rings. The SMILES string of the molecule is NC(=S)c1nccn1Cc1ccccc1F. The van der Waals surface area contributed by atoms with Gasteiger partial charge in [0.25, 0.3) is 0 Å². The van der Waals surface area contributed by atoms with Gasteiger partial charge in [0.05, 0.1) is 6.54 Å². The van der Waals surface area contributed by atoms with Crippen LogP contribution in [0.1, 0.15) is 11.4 Å². The summed E-state index contributed by atoms with van der Waals surface area (Å²) in [6, 6.07) is 6.59. The van der Waals surface area contributed by atoms with Gasteiger partial charge >= 0.3 is 0 Å². The molecule has 2 aromatic rings. The third-order valence-electron chi connectivity index (χ3n) is 2.23. The standard InChI is InChI=1S/C11H10FN3S/c12-9-4-2-1-3-8(9)7-15-6-5-14-11(15)10(13)16/h1-6H,7H2,(H2,13,16).